The number of amides is 1. The predicted molar refractivity (Wildman–Crippen MR) is 112 cm³/mol. The van der Waals surface area contributed by atoms with E-state index in [9.17, 15) is 27.5 Å². The Morgan fingerprint density at radius 2 is 2.09 bits per heavy atom. The van der Waals surface area contributed by atoms with Crippen molar-refractivity contribution in [2.75, 3.05) is 20.7 Å². The zero-order valence-corrected chi connectivity index (χ0v) is 19.0. The summed E-state index contributed by atoms with van der Waals surface area (Å²) in [5.74, 6) is -2.23. The molecule has 1 amide bonds. The van der Waals surface area contributed by atoms with Crippen LogP contribution in [0.5, 0.6) is 5.75 Å². The molecule has 0 radical (unpaired) electrons. The number of aromatic nitrogens is 2. The topological polar surface area (TPSA) is 131 Å². The molecule has 12 heteroatoms. The van der Waals surface area contributed by atoms with Crippen molar-refractivity contribution in [2.45, 2.75) is 43.9 Å². The monoisotopic (exact) mass is 468 g/mol. The van der Waals surface area contributed by atoms with Crippen LogP contribution in [0.1, 0.15) is 42.1 Å². The maximum absolute atomic E-state index is 13.7. The SMILES string of the molecule is CCC1(C)OCCn2c1nc(C(=O)NCc1ccc(F)cc1S(=O)(=O)N(C)C)c(O)c2=O. The fourth-order valence-electron chi connectivity index (χ4n) is 3.37. The second-order valence-electron chi connectivity index (χ2n) is 7.74. The average molecular weight is 469 g/mol. The molecule has 1 aliphatic rings. The van der Waals surface area contributed by atoms with Crippen molar-refractivity contribution >= 4 is 15.9 Å². The minimum absolute atomic E-state index is 0.129. The first-order valence-electron chi connectivity index (χ1n) is 9.89. The number of carbonyl (C=O) groups excluding carboxylic acids is 1. The molecule has 0 spiro atoms. The summed E-state index contributed by atoms with van der Waals surface area (Å²) in [6.07, 6.45) is 0.479. The van der Waals surface area contributed by atoms with Gasteiger partial charge in [-0.05, 0) is 31.0 Å². The molecular formula is C20H25FN4O6S. The molecule has 1 aromatic heterocycles. The standard InChI is InChI=1S/C20H25FN4O6S/c1-5-20(2)19-23-15(16(26)18(28)25(19)8-9-31-20)17(27)22-11-12-6-7-13(21)10-14(12)32(29,30)24(3)4/h6-7,10,26H,5,8-9,11H2,1-4H3,(H,22,27). The zero-order chi connectivity index (χ0) is 23.8. The second kappa shape index (κ2) is 8.60. The molecule has 1 aromatic carbocycles. The summed E-state index contributed by atoms with van der Waals surface area (Å²) in [7, 11) is -1.37. The van der Waals surface area contributed by atoms with Gasteiger partial charge >= 0.3 is 0 Å². The molecule has 1 unspecified atom stereocenters. The Hall–Kier alpha value is -2.83. The number of hydrogen-bond acceptors (Lipinski definition) is 7. The smallest absolute Gasteiger partial charge is 0.296 e. The number of hydrogen-bond donors (Lipinski definition) is 2. The molecule has 0 saturated heterocycles. The Morgan fingerprint density at radius 3 is 2.72 bits per heavy atom. The van der Waals surface area contributed by atoms with Crippen molar-refractivity contribution in [3.63, 3.8) is 0 Å². The molecule has 174 valence electrons. The van der Waals surface area contributed by atoms with Gasteiger partial charge in [-0.1, -0.05) is 13.0 Å². The summed E-state index contributed by atoms with van der Waals surface area (Å²) < 4.78 is 46.7. The van der Waals surface area contributed by atoms with E-state index in [-0.39, 0.29) is 36.0 Å². The Morgan fingerprint density at radius 1 is 1.41 bits per heavy atom. The first-order valence-corrected chi connectivity index (χ1v) is 11.3. The van der Waals surface area contributed by atoms with Crippen LogP contribution in [0.4, 0.5) is 4.39 Å². The molecule has 32 heavy (non-hydrogen) atoms. The molecule has 0 bridgehead atoms. The van der Waals surface area contributed by atoms with E-state index in [0.717, 1.165) is 16.4 Å². The van der Waals surface area contributed by atoms with E-state index in [2.05, 4.69) is 10.3 Å². The normalized spacial score (nSPS) is 18.4. The minimum atomic E-state index is -3.98. The lowest BCUT2D eigenvalue weighted by Gasteiger charge is -2.34. The average Bonchev–Trinajstić information content (AvgIpc) is 2.75. The van der Waals surface area contributed by atoms with Gasteiger partial charge in [-0.2, -0.15) is 0 Å². The van der Waals surface area contributed by atoms with Gasteiger partial charge in [0.2, 0.25) is 15.8 Å². The molecule has 0 fully saturated rings. The highest BCUT2D eigenvalue weighted by Crippen LogP contribution is 2.31. The largest absolute Gasteiger partial charge is 0.501 e. The zero-order valence-electron chi connectivity index (χ0n) is 18.2. The number of benzene rings is 1. The third-order valence-corrected chi connectivity index (χ3v) is 7.37. The summed E-state index contributed by atoms with van der Waals surface area (Å²) in [6.45, 7) is 3.73. The molecule has 10 nitrogen and oxygen atoms in total. The maximum atomic E-state index is 13.7. The quantitative estimate of drug-likeness (QED) is 0.645. The van der Waals surface area contributed by atoms with Gasteiger partial charge < -0.3 is 15.2 Å². The highest BCUT2D eigenvalue weighted by molar-refractivity contribution is 7.89. The summed E-state index contributed by atoms with van der Waals surface area (Å²) in [5, 5.41) is 12.8. The van der Waals surface area contributed by atoms with Crippen LogP contribution in [0, 0.1) is 5.82 Å². The van der Waals surface area contributed by atoms with Crippen LogP contribution in [0.25, 0.3) is 0 Å². The molecule has 1 atom stereocenters. The van der Waals surface area contributed by atoms with Crippen molar-refractivity contribution in [3.05, 3.63) is 51.5 Å². The van der Waals surface area contributed by atoms with Crippen molar-refractivity contribution in [1.82, 2.24) is 19.2 Å². The van der Waals surface area contributed by atoms with Gasteiger partial charge in [0.1, 0.15) is 17.2 Å². The van der Waals surface area contributed by atoms with Crippen LogP contribution in [-0.2, 0) is 33.5 Å². The molecular weight excluding hydrogens is 443 g/mol. The van der Waals surface area contributed by atoms with Crippen molar-refractivity contribution < 1.29 is 27.4 Å². The third-order valence-electron chi connectivity index (χ3n) is 5.47. The Labute approximate surface area is 184 Å². The Bertz CT molecular complexity index is 1230. The number of fused-ring (bicyclic) bond motifs is 1. The number of carbonyl (C=O) groups is 1. The number of nitrogens with zero attached hydrogens (tertiary/aromatic N) is 3. The van der Waals surface area contributed by atoms with Gasteiger partial charge in [-0.3, -0.25) is 14.2 Å². The number of rotatable bonds is 6. The van der Waals surface area contributed by atoms with Gasteiger partial charge in [0.25, 0.3) is 11.5 Å². The summed E-state index contributed by atoms with van der Waals surface area (Å²) >= 11 is 0. The lowest BCUT2D eigenvalue weighted by Crippen LogP contribution is -2.43. The number of halogens is 1. The first kappa shape index (κ1) is 23.8. The highest BCUT2D eigenvalue weighted by atomic mass is 32.2. The molecule has 2 N–H and O–H groups in total. The number of nitrogens with one attached hydrogen (secondary N) is 1. The van der Waals surface area contributed by atoms with Crippen molar-refractivity contribution in [3.8, 4) is 5.75 Å². The lowest BCUT2D eigenvalue weighted by atomic mass is 10.00. The lowest BCUT2D eigenvalue weighted by molar-refractivity contribution is -0.0728. The second-order valence-corrected chi connectivity index (χ2v) is 9.86. The van der Waals surface area contributed by atoms with Gasteiger partial charge in [0, 0.05) is 20.6 Å². The van der Waals surface area contributed by atoms with Crippen LogP contribution >= 0.6 is 0 Å². The van der Waals surface area contributed by atoms with Crippen molar-refractivity contribution in [2.24, 2.45) is 0 Å². The Balaban J connectivity index is 1.96. The molecule has 2 heterocycles. The number of sulfonamides is 1. The van der Waals surface area contributed by atoms with Gasteiger partial charge in [0.15, 0.2) is 5.69 Å². The molecule has 2 aromatic rings. The van der Waals surface area contributed by atoms with E-state index < -0.39 is 44.4 Å². The Kier molecular flexibility index (Phi) is 6.40. The minimum Gasteiger partial charge on any atom is -0.501 e. The third kappa shape index (κ3) is 4.12. The van der Waals surface area contributed by atoms with Crippen LogP contribution in [-0.4, -0.2) is 54.0 Å². The van der Waals surface area contributed by atoms with E-state index in [4.69, 9.17) is 4.74 Å². The fraction of sp³-hybridized carbons (Fsp3) is 0.450. The molecule has 0 saturated carbocycles. The van der Waals surface area contributed by atoms with Crippen LogP contribution in [0.2, 0.25) is 0 Å². The summed E-state index contributed by atoms with van der Waals surface area (Å²) in [5.41, 5.74) is -2.04. The number of ether oxygens (including phenoxy) is 1. The van der Waals surface area contributed by atoms with Gasteiger partial charge in [-0.25, -0.2) is 22.1 Å². The molecule has 1 aliphatic heterocycles. The number of aromatic hydroxyl groups is 1. The van der Waals surface area contributed by atoms with E-state index in [1.54, 1.807) is 6.92 Å². The summed E-state index contributed by atoms with van der Waals surface area (Å²) in [6, 6.07) is 3.17. The molecule has 3 rings (SSSR count). The van der Waals surface area contributed by atoms with Crippen LogP contribution < -0.4 is 10.9 Å². The first-order chi connectivity index (χ1) is 14.9. The van der Waals surface area contributed by atoms with E-state index in [1.165, 1.54) is 24.7 Å². The highest BCUT2D eigenvalue weighted by Gasteiger charge is 2.36. The summed E-state index contributed by atoms with van der Waals surface area (Å²) in [4.78, 5) is 29.3. The predicted octanol–water partition coefficient (Wildman–Crippen LogP) is 0.924. The van der Waals surface area contributed by atoms with Crippen LogP contribution in [0.15, 0.2) is 27.9 Å². The maximum Gasteiger partial charge on any atom is 0.296 e. The van der Waals surface area contributed by atoms with Crippen LogP contribution in [0.3, 0.4) is 0 Å². The van der Waals surface area contributed by atoms with Gasteiger partial charge in [-0.15, -0.1) is 0 Å². The van der Waals surface area contributed by atoms with Gasteiger partial charge in [0.05, 0.1) is 18.0 Å². The van der Waals surface area contributed by atoms with Crippen molar-refractivity contribution in [1.29, 1.82) is 0 Å². The van der Waals surface area contributed by atoms with E-state index in [1.807, 2.05) is 6.92 Å². The van der Waals surface area contributed by atoms with E-state index in [0.29, 0.717) is 6.42 Å². The van der Waals surface area contributed by atoms with E-state index >= 15 is 0 Å². The fourth-order valence-corrected chi connectivity index (χ4v) is 4.50. The molecule has 0 aliphatic carbocycles.